The monoisotopic (exact) mass is 370 g/mol. The van der Waals surface area contributed by atoms with Crippen molar-refractivity contribution >= 4 is 21.6 Å². The molecule has 0 aliphatic heterocycles. The second-order valence-corrected chi connectivity index (χ2v) is 11.7. The molecule has 0 aromatic carbocycles. The van der Waals surface area contributed by atoms with Gasteiger partial charge in [0.15, 0.2) is 27.0 Å². The summed E-state index contributed by atoms with van der Waals surface area (Å²) >= 11 is 0. The number of hydrogen-bond acceptors (Lipinski definition) is 5. The first kappa shape index (κ1) is 18.9. The highest BCUT2D eigenvalue weighted by atomic mass is 32.2. The topological polar surface area (TPSA) is 77.5 Å². The van der Waals surface area contributed by atoms with E-state index in [1.54, 1.807) is 20.8 Å². The van der Waals surface area contributed by atoms with E-state index in [4.69, 9.17) is 4.74 Å². The smallest absolute Gasteiger partial charge is 0.324 e. The first-order valence-electron chi connectivity index (χ1n) is 9.52. The second-order valence-electron chi connectivity index (χ2n) is 8.92. The number of carbonyl (C=O) groups is 2. The number of ether oxygens (including phenoxy) is 1. The molecule has 4 saturated carbocycles. The maximum atomic E-state index is 13.1. The average molecular weight is 371 g/mol. The highest BCUT2D eigenvalue weighted by Gasteiger charge is 2.55. The summed E-state index contributed by atoms with van der Waals surface area (Å²) in [6.07, 6.45) is 5.60. The van der Waals surface area contributed by atoms with Gasteiger partial charge in [-0.3, -0.25) is 9.59 Å². The lowest BCUT2D eigenvalue weighted by molar-refractivity contribution is -0.164. The van der Waals surface area contributed by atoms with Crippen molar-refractivity contribution in [2.45, 2.75) is 82.8 Å². The van der Waals surface area contributed by atoms with Crippen LogP contribution in [0.3, 0.4) is 0 Å². The molecule has 0 radical (unpaired) electrons. The van der Waals surface area contributed by atoms with Gasteiger partial charge in [-0.1, -0.05) is 0 Å². The summed E-state index contributed by atoms with van der Waals surface area (Å²) in [7, 11) is -3.58. The molecule has 25 heavy (non-hydrogen) atoms. The molecule has 6 heteroatoms. The fourth-order valence-electron chi connectivity index (χ4n) is 5.71. The minimum atomic E-state index is -3.58. The fraction of sp³-hybridized carbons (Fsp3) is 0.895. The van der Waals surface area contributed by atoms with Gasteiger partial charge in [0, 0.05) is 5.41 Å². The van der Waals surface area contributed by atoms with Crippen molar-refractivity contribution in [3.63, 3.8) is 0 Å². The van der Waals surface area contributed by atoms with E-state index in [1.165, 1.54) is 26.2 Å². The first-order chi connectivity index (χ1) is 11.5. The third kappa shape index (κ3) is 3.26. The number of carbonyl (C=O) groups excluding carboxylic acids is 2. The average Bonchev–Trinajstić information content (AvgIpc) is 2.51. The number of Topliss-reactive ketones (excluding diaryl/α,β-unsaturated/α-hetero) is 1. The maximum Gasteiger partial charge on any atom is 0.324 e. The summed E-state index contributed by atoms with van der Waals surface area (Å²) in [6, 6.07) is 0. The third-order valence-electron chi connectivity index (χ3n) is 6.70. The molecule has 0 aromatic heterocycles. The Bertz CT molecular complexity index is 628. The van der Waals surface area contributed by atoms with Gasteiger partial charge < -0.3 is 4.74 Å². The molecule has 0 saturated heterocycles. The van der Waals surface area contributed by atoms with E-state index in [0.717, 1.165) is 19.3 Å². The van der Waals surface area contributed by atoms with E-state index in [-0.39, 0.29) is 11.2 Å². The van der Waals surface area contributed by atoms with E-state index in [2.05, 4.69) is 0 Å². The van der Waals surface area contributed by atoms with Crippen molar-refractivity contribution < 1.29 is 22.7 Å². The SMILES string of the molecule is CC(C)S(=O)(=O)[C@@H](C)C(=O)O[C@H](C)C(=O)C12CC3CC(CC(C3)C1)C2. The number of rotatable bonds is 6. The summed E-state index contributed by atoms with van der Waals surface area (Å²) in [6.45, 7) is 6.04. The van der Waals surface area contributed by atoms with Gasteiger partial charge >= 0.3 is 5.97 Å². The Balaban J connectivity index is 1.68. The maximum absolute atomic E-state index is 13.1. The number of ketones is 1. The first-order valence-corrected chi connectivity index (χ1v) is 11.1. The lowest BCUT2D eigenvalue weighted by Crippen LogP contribution is -2.53. The molecule has 0 unspecified atom stereocenters. The summed E-state index contributed by atoms with van der Waals surface area (Å²) in [4.78, 5) is 25.4. The van der Waals surface area contributed by atoms with Crippen LogP contribution in [-0.2, 0) is 24.2 Å². The molecule has 0 aromatic rings. The largest absolute Gasteiger partial charge is 0.454 e. The zero-order valence-corrected chi connectivity index (χ0v) is 16.5. The molecule has 4 aliphatic rings. The van der Waals surface area contributed by atoms with Gasteiger partial charge in [-0.2, -0.15) is 0 Å². The van der Waals surface area contributed by atoms with Crippen LogP contribution in [0.15, 0.2) is 0 Å². The van der Waals surface area contributed by atoms with Crippen molar-refractivity contribution in [2.24, 2.45) is 23.2 Å². The number of sulfone groups is 1. The Hall–Kier alpha value is -0.910. The van der Waals surface area contributed by atoms with Crippen LogP contribution in [0.2, 0.25) is 0 Å². The van der Waals surface area contributed by atoms with Crippen molar-refractivity contribution in [1.29, 1.82) is 0 Å². The van der Waals surface area contributed by atoms with Crippen molar-refractivity contribution in [2.75, 3.05) is 0 Å². The molecule has 0 spiro atoms. The van der Waals surface area contributed by atoms with E-state index in [1.807, 2.05) is 0 Å². The second kappa shape index (κ2) is 6.36. The normalized spacial score (nSPS) is 36.3. The molecule has 2 atom stereocenters. The zero-order chi connectivity index (χ0) is 18.6. The lowest BCUT2D eigenvalue weighted by Gasteiger charge is -2.56. The van der Waals surface area contributed by atoms with Gasteiger partial charge in [0.25, 0.3) is 0 Å². The summed E-state index contributed by atoms with van der Waals surface area (Å²) < 4.78 is 29.7. The quantitative estimate of drug-likeness (QED) is 0.672. The Labute approximate surface area is 150 Å². The Kier molecular flexibility index (Phi) is 4.80. The van der Waals surface area contributed by atoms with Crippen LogP contribution < -0.4 is 0 Å². The number of hydrogen-bond donors (Lipinski definition) is 0. The van der Waals surface area contributed by atoms with Crippen LogP contribution in [0.25, 0.3) is 0 Å². The van der Waals surface area contributed by atoms with Crippen LogP contribution in [0, 0.1) is 23.2 Å². The van der Waals surface area contributed by atoms with Gasteiger partial charge in [-0.15, -0.1) is 0 Å². The number of esters is 1. The minimum absolute atomic E-state index is 0.00842. The molecule has 0 N–H and O–H groups in total. The molecular weight excluding hydrogens is 340 g/mol. The van der Waals surface area contributed by atoms with Gasteiger partial charge in [-0.05, 0) is 84.0 Å². The Morgan fingerprint density at radius 3 is 1.76 bits per heavy atom. The fourth-order valence-corrected chi connectivity index (χ4v) is 6.85. The molecule has 0 amide bonds. The summed E-state index contributed by atoms with van der Waals surface area (Å²) in [5.74, 6) is 1.11. The molecule has 0 heterocycles. The summed E-state index contributed by atoms with van der Waals surface area (Å²) in [5.41, 5.74) is -0.339. The lowest BCUT2D eigenvalue weighted by atomic mass is 9.48. The van der Waals surface area contributed by atoms with Crippen LogP contribution in [0.4, 0.5) is 0 Å². The molecule has 4 fully saturated rings. The zero-order valence-electron chi connectivity index (χ0n) is 15.7. The van der Waals surface area contributed by atoms with E-state index in [9.17, 15) is 18.0 Å². The van der Waals surface area contributed by atoms with Crippen LogP contribution >= 0.6 is 0 Å². The third-order valence-corrected chi connectivity index (χ3v) is 9.20. The molecular formula is C19H30O5S. The van der Waals surface area contributed by atoms with Crippen molar-refractivity contribution in [3.8, 4) is 0 Å². The highest BCUT2D eigenvalue weighted by Crippen LogP contribution is 2.60. The minimum Gasteiger partial charge on any atom is -0.454 e. The Morgan fingerprint density at radius 1 is 0.920 bits per heavy atom. The molecule has 4 bridgehead atoms. The van der Waals surface area contributed by atoms with E-state index >= 15 is 0 Å². The van der Waals surface area contributed by atoms with Crippen LogP contribution in [0.5, 0.6) is 0 Å². The van der Waals surface area contributed by atoms with Crippen molar-refractivity contribution in [1.82, 2.24) is 0 Å². The van der Waals surface area contributed by atoms with Crippen LogP contribution in [-0.4, -0.2) is 36.8 Å². The predicted molar refractivity (Wildman–Crippen MR) is 94.7 cm³/mol. The molecule has 4 rings (SSSR count). The standard InChI is InChI=1S/C19H30O5S/c1-11(2)25(22,23)13(4)18(21)24-12(3)17(20)19-8-14-5-15(9-19)7-16(6-14)10-19/h11-16H,5-10H2,1-4H3/t12-,13+,14?,15?,16?,19?/m1/s1. The van der Waals surface area contributed by atoms with E-state index < -0.39 is 32.4 Å². The van der Waals surface area contributed by atoms with Crippen molar-refractivity contribution in [3.05, 3.63) is 0 Å². The summed E-state index contributed by atoms with van der Waals surface area (Å²) in [5, 5.41) is -1.89. The highest BCUT2D eigenvalue weighted by molar-refractivity contribution is 7.93. The van der Waals surface area contributed by atoms with Crippen LogP contribution in [0.1, 0.15) is 66.2 Å². The predicted octanol–water partition coefficient (Wildman–Crippen LogP) is 2.92. The molecule has 5 nitrogen and oxygen atoms in total. The van der Waals surface area contributed by atoms with E-state index in [0.29, 0.717) is 17.8 Å². The van der Waals surface area contributed by atoms with Gasteiger partial charge in [0.05, 0.1) is 5.25 Å². The van der Waals surface area contributed by atoms with Gasteiger partial charge in [0.2, 0.25) is 0 Å². The van der Waals surface area contributed by atoms with Gasteiger partial charge in [-0.25, -0.2) is 8.42 Å². The Morgan fingerprint density at radius 2 is 1.36 bits per heavy atom. The molecule has 4 aliphatic carbocycles. The van der Waals surface area contributed by atoms with Gasteiger partial charge in [0.1, 0.15) is 0 Å². The molecule has 142 valence electrons.